The van der Waals surface area contributed by atoms with Crippen molar-refractivity contribution in [1.29, 1.82) is 0 Å². The quantitative estimate of drug-likeness (QED) is 0.331. The minimum absolute atomic E-state index is 0.176. The summed E-state index contributed by atoms with van der Waals surface area (Å²) in [5.41, 5.74) is 5.75. The molecular formula is C10H15N5O3S2. The maximum absolute atomic E-state index is 11.9. The number of rotatable bonds is 3. The number of anilines is 1. The van der Waals surface area contributed by atoms with Crippen molar-refractivity contribution in [3.05, 3.63) is 18.1 Å². The molecule has 2 heterocycles. The molecule has 1 saturated heterocycles. The van der Waals surface area contributed by atoms with Crippen molar-refractivity contribution in [3.8, 4) is 0 Å². The third-order valence-electron chi connectivity index (χ3n) is 2.88. The predicted octanol–water partition coefficient (Wildman–Crippen LogP) is -0.505. The van der Waals surface area contributed by atoms with Gasteiger partial charge in [-0.1, -0.05) is 5.16 Å². The first-order chi connectivity index (χ1) is 9.45. The minimum Gasteiger partial charge on any atom is -0.409 e. The standard InChI is InChI=1S/C10H15N5O3S2/c1-20(17,18)7-6-19-5-4-15(7)10-8(9(11)14-16)12-2-3-13-10/h2-3,7,16H,4-6H2,1H3,(H2,11,14). The van der Waals surface area contributed by atoms with E-state index in [1.807, 2.05) is 0 Å². The highest BCUT2D eigenvalue weighted by molar-refractivity contribution is 8.01. The first kappa shape index (κ1) is 14.9. The van der Waals surface area contributed by atoms with Gasteiger partial charge in [0.25, 0.3) is 0 Å². The lowest BCUT2D eigenvalue weighted by atomic mass is 10.3. The molecule has 0 aromatic carbocycles. The molecular weight excluding hydrogens is 302 g/mol. The van der Waals surface area contributed by atoms with Gasteiger partial charge >= 0.3 is 0 Å². The van der Waals surface area contributed by atoms with Crippen LogP contribution < -0.4 is 10.6 Å². The molecule has 10 heteroatoms. The second kappa shape index (κ2) is 5.83. The lowest BCUT2D eigenvalue weighted by molar-refractivity contribution is 0.318. The molecule has 0 aliphatic carbocycles. The van der Waals surface area contributed by atoms with E-state index in [1.54, 1.807) is 16.7 Å². The summed E-state index contributed by atoms with van der Waals surface area (Å²) in [5.74, 6) is 1.35. The molecule has 2 rings (SSSR count). The summed E-state index contributed by atoms with van der Waals surface area (Å²) in [6.45, 7) is 0.507. The van der Waals surface area contributed by atoms with Crippen molar-refractivity contribution in [2.45, 2.75) is 5.37 Å². The van der Waals surface area contributed by atoms with Gasteiger partial charge in [-0.15, -0.1) is 0 Å². The summed E-state index contributed by atoms with van der Waals surface area (Å²) in [4.78, 5) is 9.82. The van der Waals surface area contributed by atoms with Crippen molar-refractivity contribution >= 4 is 33.3 Å². The van der Waals surface area contributed by atoms with Crippen LogP contribution >= 0.6 is 11.8 Å². The third kappa shape index (κ3) is 2.96. The number of nitrogens with zero attached hydrogens (tertiary/aromatic N) is 4. The fourth-order valence-corrected chi connectivity index (χ4v) is 4.77. The number of hydrogen-bond donors (Lipinski definition) is 2. The first-order valence-electron chi connectivity index (χ1n) is 5.77. The Bertz CT molecular complexity index is 619. The van der Waals surface area contributed by atoms with Gasteiger partial charge < -0.3 is 15.8 Å². The molecule has 3 N–H and O–H groups in total. The predicted molar refractivity (Wildman–Crippen MR) is 77.8 cm³/mol. The number of hydrogen-bond acceptors (Lipinski definition) is 8. The molecule has 0 bridgehead atoms. The number of nitrogens with two attached hydrogens (primary N) is 1. The summed E-state index contributed by atoms with van der Waals surface area (Å²) in [6.07, 6.45) is 4.05. The summed E-state index contributed by atoms with van der Waals surface area (Å²) in [7, 11) is -3.28. The van der Waals surface area contributed by atoms with E-state index in [-0.39, 0.29) is 11.5 Å². The molecule has 8 nitrogen and oxygen atoms in total. The Labute approximate surface area is 121 Å². The molecule has 110 valence electrons. The maximum Gasteiger partial charge on any atom is 0.192 e. The van der Waals surface area contributed by atoms with E-state index in [0.29, 0.717) is 18.1 Å². The Balaban J connectivity index is 2.49. The zero-order chi connectivity index (χ0) is 14.8. The largest absolute Gasteiger partial charge is 0.409 e. The topological polar surface area (TPSA) is 122 Å². The summed E-state index contributed by atoms with van der Waals surface area (Å²) in [5, 5.41) is 11.0. The van der Waals surface area contributed by atoms with E-state index in [1.165, 1.54) is 18.6 Å². The smallest absolute Gasteiger partial charge is 0.192 e. The van der Waals surface area contributed by atoms with Crippen LogP contribution in [0.25, 0.3) is 0 Å². The van der Waals surface area contributed by atoms with Crippen molar-refractivity contribution in [3.63, 3.8) is 0 Å². The molecule has 1 aromatic heterocycles. The molecule has 20 heavy (non-hydrogen) atoms. The number of sulfone groups is 1. The Hall–Kier alpha value is -1.55. The van der Waals surface area contributed by atoms with Gasteiger partial charge in [0.2, 0.25) is 0 Å². The Kier molecular flexibility index (Phi) is 4.33. The fourth-order valence-electron chi connectivity index (χ4n) is 1.95. The van der Waals surface area contributed by atoms with Crippen LogP contribution in [0.2, 0.25) is 0 Å². The van der Waals surface area contributed by atoms with E-state index in [4.69, 9.17) is 10.9 Å². The average molecular weight is 317 g/mol. The van der Waals surface area contributed by atoms with Crippen LogP contribution in [0.5, 0.6) is 0 Å². The number of thioether (sulfide) groups is 1. The van der Waals surface area contributed by atoms with Crippen molar-refractivity contribution in [1.82, 2.24) is 9.97 Å². The lowest BCUT2D eigenvalue weighted by Crippen LogP contribution is -2.48. The van der Waals surface area contributed by atoms with Gasteiger partial charge in [0, 0.05) is 36.7 Å². The van der Waals surface area contributed by atoms with Crippen molar-refractivity contribution in [2.75, 3.05) is 29.2 Å². The summed E-state index contributed by atoms with van der Waals surface area (Å²) < 4.78 is 23.8. The molecule has 0 saturated carbocycles. The molecule has 1 aromatic rings. The molecule has 0 amide bonds. The second-order valence-corrected chi connectivity index (χ2v) is 7.62. The molecule has 1 fully saturated rings. The van der Waals surface area contributed by atoms with Crippen LogP contribution in [0.4, 0.5) is 5.82 Å². The fraction of sp³-hybridized carbons (Fsp3) is 0.500. The van der Waals surface area contributed by atoms with E-state index in [9.17, 15) is 8.42 Å². The van der Waals surface area contributed by atoms with E-state index >= 15 is 0 Å². The van der Waals surface area contributed by atoms with Crippen LogP contribution in [0.1, 0.15) is 5.69 Å². The van der Waals surface area contributed by atoms with Crippen LogP contribution in [-0.4, -0.2) is 59.1 Å². The SMILES string of the molecule is CS(=O)(=O)C1CSCCN1c1nccnc1C(N)=NO. The number of oxime groups is 1. The molecule has 0 spiro atoms. The Morgan fingerprint density at radius 3 is 2.90 bits per heavy atom. The van der Waals surface area contributed by atoms with Gasteiger partial charge in [0.1, 0.15) is 5.37 Å². The van der Waals surface area contributed by atoms with Crippen LogP contribution in [0, 0.1) is 0 Å². The molecule has 1 aliphatic rings. The van der Waals surface area contributed by atoms with E-state index in [2.05, 4.69) is 15.1 Å². The number of aromatic nitrogens is 2. The highest BCUT2D eigenvalue weighted by Crippen LogP contribution is 2.26. The number of amidine groups is 1. The van der Waals surface area contributed by atoms with Crippen LogP contribution in [0.15, 0.2) is 17.5 Å². The van der Waals surface area contributed by atoms with Crippen molar-refractivity contribution < 1.29 is 13.6 Å². The zero-order valence-electron chi connectivity index (χ0n) is 10.8. The Morgan fingerprint density at radius 2 is 2.25 bits per heavy atom. The van der Waals surface area contributed by atoms with E-state index < -0.39 is 15.2 Å². The third-order valence-corrected chi connectivity index (χ3v) is 5.52. The zero-order valence-corrected chi connectivity index (χ0v) is 12.4. The monoisotopic (exact) mass is 317 g/mol. The second-order valence-electron chi connectivity index (χ2n) is 4.27. The minimum atomic E-state index is -3.28. The molecule has 1 aliphatic heterocycles. The van der Waals surface area contributed by atoms with Gasteiger partial charge in [-0.25, -0.2) is 18.4 Å². The van der Waals surface area contributed by atoms with Crippen molar-refractivity contribution in [2.24, 2.45) is 10.9 Å². The summed E-state index contributed by atoms with van der Waals surface area (Å²) >= 11 is 1.57. The van der Waals surface area contributed by atoms with E-state index in [0.717, 1.165) is 5.75 Å². The molecule has 1 unspecified atom stereocenters. The van der Waals surface area contributed by atoms with Gasteiger partial charge in [-0.2, -0.15) is 11.8 Å². The average Bonchev–Trinajstić information content (AvgIpc) is 2.45. The first-order valence-corrected chi connectivity index (χ1v) is 8.88. The molecule has 0 radical (unpaired) electrons. The highest BCUT2D eigenvalue weighted by Gasteiger charge is 2.33. The van der Waals surface area contributed by atoms with Gasteiger partial charge in [0.05, 0.1) is 0 Å². The lowest BCUT2D eigenvalue weighted by Gasteiger charge is -2.35. The summed E-state index contributed by atoms with van der Waals surface area (Å²) in [6, 6.07) is 0. The maximum atomic E-state index is 11.9. The Morgan fingerprint density at radius 1 is 1.55 bits per heavy atom. The highest BCUT2D eigenvalue weighted by atomic mass is 32.2. The molecule has 1 atom stereocenters. The van der Waals surface area contributed by atoms with Crippen LogP contribution in [-0.2, 0) is 9.84 Å². The van der Waals surface area contributed by atoms with Gasteiger partial charge in [0.15, 0.2) is 27.2 Å². The normalized spacial score (nSPS) is 20.9. The van der Waals surface area contributed by atoms with Gasteiger partial charge in [-0.05, 0) is 0 Å². The van der Waals surface area contributed by atoms with Crippen LogP contribution in [0.3, 0.4) is 0 Å². The van der Waals surface area contributed by atoms with Gasteiger partial charge in [-0.3, -0.25) is 0 Å².